The minimum atomic E-state index is -0.847. The zero-order valence-corrected chi connectivity index (χ0v) is 46.1. The molecule has 75 heavy (non-hydrogen) atoms. The monoisotopic (exact) mass is 1070 g/mol. The Balaban J connectivity index is 0.747. The molecule has 1 saturated heterocycles. The summed E-state index contributed by atoms with van der Waals surface area (Å²) < 4.78 is 13.4. The summed E-state index contributed by atoms with van der Waals surface area (Å²) in [6.07, 6.45) is 1.87. The molecule has 0 bridgehead atoms. The molecule has 5 heterocycles. The summed E-state index contributed by atoms with van der Waals surface area (Å²) in [7, 11) is 0. The first-order chi connectivity index (χ1) is 36.0. The van der Waals surface area contributed by atoms with Gasteiger partial charge >= 0.3 is 0 Å². The fourth-order valence-electron chi connectivity index (χ4n) is 9.22. The van der Waals surface area contributed by atoms with E-state index in [1.165, 1.54) is 4.88 Å². The van der Waals surface area contributed by atoms with Gasteiger partial charge in [-0.2, -0.15) is 0 Å². The van der Waals surface area contributed by atoms with E-state index in [9.17, 15) is 19.2 Å². The Morgan fingerprint density at radius 2 is 1.61 bits per heavy atom. The molecule has 2 aliphatic rings. The van der Waals surface area contributed by atoms with Crippen LogP contribution in [0, 0.1) is 45.0 Å². The van der Waals surface area contributed by atoms with E-state index in [4.69, 9.17) is 26.1 Å². The first kappa shape index (κ1) is 54.7. The third kappa shape index (κ3) is 13.3. The van der Waals surface area contributed by atoms with Gasteiger partial charge in [-0.15, -0.1) is 32.9 Å². The van der Waals surface area contributed by atoms with E-state index >= 15 is 0 Å². The smallest absolute Gasteiger partial charge is 0.246 e. The minimum absolute atomic E-state index is 0.0776. The molecule has 0 radical (unpaired) electrons. The molecule has 3 aromatic carbocycles. The molecule has 0 spiro atoms. The number of thiazole rings is 1. The highest BCUT2D eigenvalue weighted by atomic mass is 35.5. The quantitative estimate of drug-likeness (QED) is 0.0559. The number of amides is 4. The maximum absolute atomic E-state index is 14.0. The lowest BCUT2D eigenvalue weighted by Gasteiger charge is -2.35. The topological polar surface area (TPSA) is 182 Å². The van der Waals surface area contributed by atoms with Gasteiger partial charge in [0.15, 0.2) is 5.82 Å². The normalized spacial score (nSPS) is 15.9. The number of fused-ring (bicyclic) bond motifs is 3. The third-order valence-electron chi connectivity index (χ3n) is 13.4. The van der Waals surface area contributed by atoms with Gasteiger partial charge in [-0.3, -0.25) is 28.7 Å². The number of ether oxygens (including phenoxy) is 2. The number of aromatic nitrogens is 4. The van der Waals surface area contributed by atoms with Crippen molar-refractivity contribution in [2.24, 2.45) is 10.4 Å². The molecule has 0 aliphatic carbocycles. The van der Waals surface area contributed by atoms with Crippen molar-refractivity contribution in [2.45, 2.75) is 112 Å². The fourth-order valence-corrected chi connectivity index (χ4v) is 11.4. The van der Waals surface area contributed by atoms with Crippen LogP contribution in [0.15, 0.2) is 83.3 Å². The number of thiophene rings is 1. The number of aliphatic imine (C=N–C) groups is 1. The van der Waals surface area contributed by atoms with Gasteiger partial charge in [-0.05, 0) is 106 Å². The van der Waals surface area contributed by atoms with Gasteiger partial charge in [0, 0.05) is 46.3 Å². The molecule has 2 aliphatic heterocycles. The molecular weight excluding hydrogens is 1010 g/mol. The molecule has 392 valence electrons. The molecule has 0 saturated carbocycles. The lowest BCUT2D eigenvalue weighted by Crippen LogP contribution is -2.58. The lowest BCUT2D eigenvalue weighted by molar-refractivity contribution is -0.144. The van der Waals surface area contributed by atoms with E-state index in [0.29, 0.717) is 49.8 Å². The van der Waals surface area contributed by atoms with Crippen LogP contribution in [0.25, 0.3) is 15.4 Å². The fraction of sp³-hybridized carbons (Fsp3) is 0.404. The molecule has 18 heteroatoms. The van der Waals surface area contributed by atoms with E-state index < -0.39 is 29.4 Å². The van der Waals surface area contributed by atoms with Crippen LogP contribution in [-0.2, 0) is 35.2 Å². The molecule has 8 rings (SSSR count). The Hall–Kier alpha value is -6.55. The maximum atomic E-state index is 14.0. The molecule has 3 aromatic heterocycles. The Morgan fingerprint density at radius 1 is 0.893 bits per heavy atom. The standard InChI is InChI=1S/C57H64ClN9O6S2/c1-34-37(4)75-56-49(34)50(42-22-24-44(58)25-23-42)62-45(53-65-64-38(5)67(53)56)30-47(68)61-35(2)41-18-14-39(15-19-41)12-10-27-72-28-11-29-73-32-48(69)63-52(57(6,7)8)55(71)66-26-9-13-46(66)54(70)59-31-40-16-20-43(21-17-40)51-36(3)60-33-74-51/h14-25,33,35,45-46,52H,9,11,13,26-32H2,1-8H3,(H,59,70)(H,61,68)(H,63,69)/t35-,45+,46+,52?/m1/s1. The van der Waals surface area contributed by atoms with Gasteiger partial charge in [-0.25, -0.2) is 4.98 Å². The summed E-state index contributed by atoms with van der Waals surface area (Å²) in [6, 6.07) is 21.1. The summed E-state index contributed by atoms with van der Waals surface area (Å²) >= 11 is 9.53. The van der Waals surface area contributed by atoms with Crippen LogP contribution in [0.5, 0.6) is 0 Å². The summed E-state index contributed by atoms with van der Waals surface area (Å²) in [4.78, 5) is 67.7. The number of carbonyl (C=O) groups is 4. The van der Waals surface area contributed by atoms with Crippen LogP contribution in [-0.4, -0.2) is 99.0 Å². The van der Waals surface area contributed by atoms with Crippen molar-refractivity contribution in [3.8, 4) is 27.3 Å². The molecule has 4 amide bonds. The number of hydrogen-bond donors (Lipinski definition) is 3. The van der Waals surface area contributed by atoms with Crippen LogP contribution in [0.3, 0.4) is 0 Å². The van der Waals surface area contributed by atoms with Crippen LogP contribution in [0.4, 0.5) is 0 Å². The number of hydrogen-bond acceptors (Lipinski definition) is 12. The van der Waals surface area contributed by atoms with Crippen LogP contribution >= 0.6 is 34.3 Å². The van der Waals surface area contributed by atoms with Gasteiger partial charge in [0.25, 0.3) is 0 Å². The van der Waals surface area contributed by atoms with Crippen LogP contribution < -0.4 is 16.0 Å². The van der Waals surface area contributed by atoms with E-state index in [2.05, 4.69) is 56.8 Å². The van der Waals surface area contributed by atoms with E-state index in [0.717, 1.165) is 66.1 Å². The zero-order valence-electron chi connectivity index (χ0n) is 43.7. The summed E-state index contributed by atoms with van der Waals surface area (Å²) in [6.45, 7) is 17.1. The summed E-state index contributed by atoms with van der Waals surface area (Å²) in [5.41, 5.74) is 9.81. The van der Waals surface area contributed by atoms with E-state index in [1.807, 2.05) is 124 Å². The van der Waals surface area contributed by atoms with Crippen molar-refractivity contribution in [3.05, 3.63) is 139 Å². The number of halogens is 1. The van der Waals surface area contributed by atoms with Crippen molar-refractivity contribution >= 4 is 63.6 Å². The van der Waals surface area contributed by atoms with Crippen LogP contribution in [0.1, 0.15) is 121 Å². The number of rotatable bonds is 18. The van der Waals surface area contributed by atoms with Crippen molar-refractivity contribution in [1.82, 2.24) is 40.6 Å². The Kier molecular flexibility index (Phi) is 17.8. The second-order valence-electron chi connectivity index (χ2n) is 20.0. The highest BCUT2D eigenvalue weighted by molar-refractivity contribution is 7.15. The number of nitrogens with zero attached hydrogens (tertiary/aromatic N) is 6. The Bertz CT molecular complexity index is 3110. The second kappa shape index (κ2) is 24.4. The van der Waals surface area contributed by atoms with E-state index in [-0.39, 0.29) is 50.0 Å². The molecule has 1 unspecified atom stereocenters. The first-order valence-electron chi connectivity index (χ1n) is 25.2. The predicted octanol–water partition coefficient (Wildman–Crippen LogP) is 9.11. The molecule has 3 N–H and O–H groups in total. The zero-order chi connectivity index (χ0) is 53.4. The Morgan fingerprint density at radius 3 is 2.32 bits per heavy atom. The van der Waals surface area contributed by atoms with Gasteiger partial charge < -0.3 is 30.3 Å². The number of benzene rings is 3. The van der Waals surface area contributed by atoms with E-state index in [1.54, 1.807) is 27.6 Å². The largest absolute Gasteiger partial charge is 0.372 e. The number of nitrogens with one attached hydrogen (secondary N) is 3. The second-order valence-corrected chi connectivity index (χ2v) is 22.5. The molecule has 1 fully saturated rings. The molecule has 4 atom stereocenters. The highest BCUT2D eigenvalue weighted by Crippen LogP contribution is 2.40. The molecule has 15 nitrogen and oxygen atoms in total. The van der Waals surface area contributed by atoms with Crippen molar-refractivity contribution in [3.63, 3.8) is 0 Å². The van der Waals surface area contributed by atoms with Crippen LogP contribution in [0.2, 0.25) is 5.02 Å². The van der Waals surface area contributed by atoms with Crippen molar-refractivity contribution < 1.29 is 28.7 Å². The van der Waals surface area contributed by atoms with Crippen molar-refractivity contribution in [2.75, 3.05) is 33.0 Å². The van der Waals surface area contributed by atoms with Gasteiger partial charge in [0.2, 0.25) is 23.6 Å². The van der Waals surface area contributed by atoms with Gasteiger partial charge in [0.05, 0.1) is 40.9 Å². The Labute approximate surface area is 451 Å². The number of aryl methyl sites for hydroxylation is 3. The summed E-state index contributed by atoms with van der Waals surface area (Å²) in [5.74, 6) is 6.45. The number of carbonyl (C=O) groups excluding carboxylic acids is 4. The summed E-state index contributed by atoms with van der Waals surface area (Å²) in [5, 5.41) is 19.6. The number of likely N-dealkylation sites (tertiary alicyclic amines) is 1. The first-order valence-corrected chi connectivity index (χ1v) is 27.3. The molecule has 6 aromatic rings. The van der Waals surface area contributed by atoms with Crippen molar-refractivity contribution in [1.29, 1.82) is 0 Å². The predicted molar refractivity (Wildman–Crippen MR) is 294 cm³/mol. The average Bonchev–Trinajstić information content (AvgIpc) is 4.19. The van der Waals surface area contributed by atoms with Gasteiger partial charge in [0.1, 0.15) is 42.2 Å². The highest BCUT2D eigenvalue weighted by Gasteiger charge is 2.42. The average molecular weight is 1070 g/mol. The lowest BCUT2D eigenvalue weighted by atomic mass is 9.85. The maximum Gasteiger partial charge on any atom is 0.246 e. The molecular formula is C57H64ClN9O6S2. The van der Waals surface area contributed by atoms with Gasteiger partial charge in [-0.1, -0.05) is 92.7 Å². The minimum Gasteiger partial charge on any atom is -0.372 e. The SMILES string of the molecule is Cc1ncsc1-c1ccc(CNC(=O)[C@@H]2CCCN2C(=O)C(NC(=O)COCCCOCC#Cc2ccc([C@@H](C)NC(=O)C[C@@H]3N=C(c4ccc(Cl)cc4)c4c(sc(C)c4C)-n4c(C)nnc43)cc2)C(C)(C)C)cc1. The third-order valence-corrected chi connectivity index (χ3v) is 15.8.